The van der Waals surface area contributed by atoms with Gasteiger partial charge in [0.05, 0.1) is 38.8 Å². The van der Waals surface area contributed by atoms with E-state index >= 15 is 0 Å². The van der Waals surface area contributed by atoms with Crippen molar-refractivity contribution in [3.63, 3.8) is 0 Å². The molecular weight excluding hydrogens is 346 g/mol. The molecule has 1 aromatic rings. The third kappa shape index (κ3) is 5.61. The largest absolute Gasteiger partial charge is 0.493 e. The molecule has 22 heavy (non-hydrogen) atoms. The van der Waals surface area contributed by atoms with Crippen LogP contribution in [0.15, 0.2) is 28.7 Å². The van der Waals surface area contributed by atoms with Gasteiger partial charge in [-0.1, -0.05) is 22.0 Å². The molecule has 1 aliphatic rings. The fourth-order valence-electron chi connectivity index (χ4n) is 2.84. The Labute approximate surface area is 140 Å². The molecule has 0 saturated carbocycles. The SMILES string of the molecule is CCOC(=O)C1CC[NH+](CCCOc2cccc(Br)c2)CC1. The van der Waals surface area contributed by atoms with Gasteiger partial charge < -0.3 is 14.4 Å². The average molecular weight is 371 g/mol. The lowest BCUT2D eigenvalue weighted by atomic mass is 9.97. The molecule has 0 amide bonds. The smallest absolute Gasteiger partial charge is 0.309 e. The molecule has 1 N–H and O–H groups in total. The molecule has 1 aliphatic heterocycles. The van der Waals surface area contributed by atoms with E-state index in [2.05, 4.69) is 15.9 Å². The molecule has 0 bridgehead atoms. The second-order valence-electron chi connectivity index (χ2n) is 5.69. The predicted octanol–water partition coefficient (Wildman–Crippen LogP) is 2.08. The second-order valence-corrected chi connectivity index (χ2v) is 6.60. The van der Waals surface area contributed by atoms with Crippen molar-refractivity contribution in [2.75, 3.05) is 32.8 Å². The summed E-state index contributed by atoms with van der Waals surface area (Å²) in [6.07, 6.45) is 2.92. The van der Waals surface area contributed by atoms with Gasteiger partial charge in [-0.05, 0) is 25.1 Å². The van der Waals surface area contributed by atoms with Gasteiger partial charge in [0.25, 0.3) is 0 Å². The lowest BCUT2D eigenvalue weighted by Gasteiger charge is -2.28. The number of carbonyl (C=O) groups excluding carboxylic acids is 1. The minimum absolute atomic E-state index is 0.0143. The van der Waals surface area contributed by atoms with Gasteiger partial charge in [-0.3, -0.25) is 4.79 Å². The molecule has 4 nitrogen and oxygen atoms in total. The number of rotatable bonds is 7. The highest BCUT2D eigenvalue weighted by Crippen LogP contribution is 2.17. The molecule has 1 heterocycles. The lowest BCUT2D eigenvalue weighted by Crippen LogP contribution is -3.13. The predicted molar refractivity (Wildman–Crippen MR) is 89.2 cm³/mol. The van der Waals surface area contributed by atoms with Crippen LogP contribution in [0.2, 0.25) is 0 Å². The van der Waals surface area contributed by atoms with E-state index in [0.717, 1.165) is 55.7 Å². The minimum Gasteiger partial charge on any atom is -0.493 e. The molecule has 0 spiro atoms. The number of halogens is 1. The van der Waals surface area contributed by atoms with E-state index in [1.165, 1.54) is 0 Å². The summed E-state index contributed by atoms with van der Waals surface area (Å²) in [6, 6.07) is 7.93. The molecule has 122 valence electrons. The second kappa shape index (κ2) is 9.16. The van der Waals surface area contributed by atoms with Crippen LogP contribution in [-0.2, 0) is 9.53 Å². The molecule has 0 unspecified atom stereocenters. The number of likely N-dealkylation sites (tertiary alicyclic amines) is 1. The first-order chi connectivity index (χ1) is 10.7. The number of piperidine rings is 1. The number of hydrogen-bond donors (Lipinski definition) is 1. The van der Waals surface area contributed by atoms with Gasteiger partial charge in [-0.15, -0.1) is 0 Å². The Kier molecular flexibility index (Phi) is 7.19. The van der Waals surface area contributed by atoms with E-state index in [-0.39, 0.29) is 11.9 Å². The maximum atomic E-state index is 11.7. The number of quaternary nitrogens is 1. The number of carbonyl (C=O) groups is 1. The van der Waals surface area contributed by atoms with Crippen LogP contribution in [-0.4, -0.2) is 38.8 Å². The van der Waals surface area contributed by atoms with Crippen LogP contribution < -0.4 is 9.64 Å². The van der Waals surface area contributed by atoms with Crippen molar-refractivity contribution in [3.05, 3.63) is 28.7 Å². The lowest BCUT2D eigenvalue weighted by molar-refractivity contribution is -0.906. The van der Waals surface area contributed by atoms with Gasteiger partial charge in [0.15, 0.2) is 0 Å². The zero-order chi connectivity index (χ0) is 15.8. The van der Waals surface area contributed by atoms with Crippen molar-refractivity contribution in [3.8, 4) is 5.75 Å². The summed E-state index contributed by atoms with van der Waals surface area (Å²) in [4.78, 5) is 13.3. The quantitative estimate of drug-likeness (QED) is 0.589. The van der Waals surface area contributed by atoms with Crippen LogP contribution in [0.1, 0.15) is 26.2 Å². The van der Waals surface area contributed by atoms with Crippen molar-refractivity contribution in [1.29, 1.82) is 0 Å². The molecule has 0 aromatic heterocycles. The first kappa shape index (κ1) is 17.3. The van der Waals surface area contributed by atoms with Gasteiger partial charge in [0.2, 0.25) is 0 Å². The summed E-state index contributed by atoms with van der Waals surface area (Å²) >= 11 is 3.44. The van der Waals surface area contributed by atoms with Gasteiger partial charge in [-0.25, -0.2) is 0 Å². The number of ether oxygens (including phenoxy) is 2. The molecule has 1 aromatic carbocycles. The number of esters is 1. The van der Waals surface area contributed by atoms with E-state index in [9.17, 15) is 4.79 Å². The van der Waals surface area contributed by atoms with E-state index in [0.29, 0.717) is 6.61 Å². The van der Waals surface area contributed by atoms with Gasteiger partial charge in [0.1, 0.15) is 5.75 Å². The highest BCUT2D eigenvalue weighted by atomic mass is 79.9. The summed E-state index contributed by atoms with van der Waals surface area (Å²) in [5, 5.41) is 0. The van der Waals surface area contributed by atoms with Gasteiger partial charge >= 0.3 is 5.97 Å². The summed E-state index contributed by atoms with van der Waals surface area (Å²) < 4.78 is 11.9. The third-order valence-corrected chi connectivity index (χ3v) is 4.55. The third-order valence-electron chi connectivity index (χ3n) is 4.05. The summed E-state index contributed by atoms with van der Waals surface area (Å²) in [7, 11) is 0. The molecule has 5 heteroatoms. The Morgan fingerprint density at radius 2 is 2.14 bits per heavy atom. The Bertz CT molecular complexity index is 473. The fraction of sp³-hybridized carbons (Fsp3) is 0.588. The standard InChI is InChI=1S/C17H24BrNO3/c1-2-21-17(20)14-7-10-19(11-8-14)9-4-12-22-16-6-3-5-15(18)13-16/h3,5-6,13-14H,2,4,7-12H2,1H3/p+1. The normalized spacial score (nSPS) is 21.4. The minimum atomic E-state index is -0.0143. The van der Waals surface area contributed by atoms with E-state index in [1.54, 1.807) is 4.90 Å². The average Bonchev–Trinajstić information content (AvgIpc) is 2.52. The topological polar surface area (TPSA) is 40.0 Å². The van der Waals surface area contributed by atoms with Crippen LogP contribution in [0.3, 0.4) is 0 Å². The van der Waals surface area contributed by atoms with Crippen LogP contribution >= 0.6 is 15.9 Å². The van der Waals surface area contributed by atoms with E-state index < -0.39 is 0 Å². The van der Waals surface area contributed by atoms with Crippen LogP contribution in [0.4, 0.5) is 0 Å². The van der Waals surface area contributed by atoms with E-state index in [1.807, 2.05) is 31.2 Å². The van der Waals surface area contributed by atoms with E-state index in [4.69, 9.17) is 9.47 Å². The Balaban J connectivity index is 1.60. The zero-order valence-corrected chi connectivity index (χ0v) is 14.7. The first-order valence-electron chi connectivity index (χ1n) is 8.07. The number of hydrogen-bond acceptors (Lipinski definition) is 3. The van der Waals surface area contributed by atoms with Crippen molar-refractivity contribution in [2.45, 2.75) is 26.2 Å². The maximum absolute atomic E-state index is 11.7. The van der Waals surface area contributed by atoms with Crippen molar-refractivity contribution < 1.29 is 19.2 Å². The summed E-state index contributed by atoms with van der Waals surface area (Å²) in [6.45, 7) is 6.30. The van der Waals surface area contributed by atoms with Crippen molar-refractivity contribution in [2.24, 2.45) is 5.92 Å². The Morgan fingerprint density at radius 1 is 1.36 bits per heavy atom. The summed E-state index contributed by atoms with van der Waals surface area (Å²) in [5.74, 6) is 1.01. The molecule has 1 fully saturated rings. The molecule has 0 atom stereocenters. The highest BCUT2D eigenvalue weighted by molar-refractivity contribution is 9.10. The molecule has 0 radical (unpaired) electrons. The molecular formula is C17H25BrNO3+. The van der Waals surface area contributed by atoms with Crippen molar-refractivity contribution >= 4 is 21.9 Å². The van der Waals surface area contributed by atoms with Crippen LogP contribution in [0, 0.1) is 5.92 Å². The zero-order valence-electron chi connectivity index (χ0n) is 13.1. The fourth-order valence-corrected chi connectivity index (χ4v) is 3.22. The number of benzene rings is 1. The van der Waals surface area contributed by atoms with Gasteiger partial charge in [0, 0.05) is 23.7 Å². The maximum Gasteiger partial charge on any atom is 0.309 e. The highest BCUT2D eigenvalue weighted by Gasteiger charge is 2.27. The Hall–Kier alpha value is -1.07. The first-order valence-corrected chi connectivity index (χ1v) is 8.87. The molecule has 2 rings (SSSR count). The Morgan fingerprint density at radius 3 is 2.82 bits per heavy atom. The molecule has 0 aliphatic carbocycles. The van der Waals surface area contributed by atoms with Gasteiger partial charge in [-0.2, -0.15) is 0 Å². The molecule has 1 saturated heterocycles. The van der Waals surface area contributed by atoms with Crippen LogP contribution in [0.25, 0.3) is 0 Å². The van der Waals surface area contributed by atoms with Crippen LogP contribution in [0.5, 0.6) is 5.75 Å². The number of nitrogens with one attached hydrogen (secondary N) is 1. The summed E-state index contributed by atoms with van der Waals surface area (Å²) in [5.41, 5.74) is 0. The van der Waals surface area contributed by atoms with Crippen molar-refractivity contribution in [1.82, 2.24) is 0 Å². The monoisotopic (exact) mass is 370 g/mol.